The third kappa shape index (κ3) is 4.36. The van der Waals surface area contributed by atoms with Gasteiger partial charge in [-0.3, -0.25) is 4.98 Å². The van der Waals surface area contributed by atoms with Crippen molar-refractivity contribution in [2.24, 2.45) is 0 Å². The number of aromatic nitrogens is 1. The standard InChI is InChI=1S/C21H18FN/c22-20-13-11-19(12-14-20)21-15-10-18(16-23-21)9-5-4-8-17-6-2-1-3-7-17/h1-3,5-7,9-16H,4,8H2. The molecule has 1 nitrogen and oxygen atoms in total. The summed E-state index contributed by atoms with van der Waals surface area (Å²) in [4.78, 5) is 4.44. The summed E-state index contributed by atoms with van der Waals surface area (Å²) in [5, 5.41) is 0. The first-order valence-corrected chi connectivity index (χ1v) is 7.74. The normalized spacial score (nSPS) is 11.0. The molecule has 0 atom stereocenters. The number of aryl methyl sites for hydroxylation is 1. The van der Waals surface area contributed by atoms with Crippen LogP contribution in [0.5, 0.6) is 0 Å². The van der Waals surface area contributed by atoms with Crippen LogP contribution in [0.25, 0.3) is 17.3 Å². The van der Waals surface area contributed by atoms with Crippen LogP contribution in [0.4, 0.5) is 4.39 Å². The molecule has 0 fully saturated rings. The fourth-order valence-corrected chi connectivity index (χ4v) is 2.41. The molecule has 0 saturated carbocycles. The largest absolute Gasteiger partial charge is 0.256 e. The number of nitrogens with zero attached hydrogens (tertiary/aromatic N) is 1. The third-order valence-corrected chi connectivity index (χ3v) is 3.68. The van der Waals surface area contributed by atoms with Crippen molar-refractivity contribution in [2.45, 2.75) is 12.8 Å². The summed E-state index contributed by atoms with van der Waals surface area (Å²) in [5.74, 6) is -0.230. The molecule has 0 aliphatic carbocycles. The lowest BCUT2D eigenvalue weighted by Crippen LogP contribution is -1.85. The van der Waals surface area contributed by atoms with Crippen molar-refractivity contribution in [3.63, 3.8) is 0 Å². The molecule has 0 spiro atoms. The summed E-state index contributed by atoms with van der Waals surface area (Å²) in [6, 6.07) is 20.8. The predicted molar refractivity (Wildman–Crippen MR) is 93.4 cm³/mol. The molecule has 0 unspecified atom stereocenters. The van der Waals surface area contributed by atoms with Gasteiger partial charge in [0.2, 0.25) is 0 Å². The van der Waals surface area contributed by atoms with Crippen LogP contribution in [0.3, 0.4) is 0 Å². The van der Waals surface area contributed by atoms with Crippen LogP contribution < -0.4 is 0 Å². The van der Waals surface area contributed by atoms with E-state index < -0.39 is 0 Å². The summed E-state index contributed by atoms with van der Waals surface area (Å²) < 4.78 is 12.9. The van der Waals surface area contributed by atoms with Gasteiger partial charge in [-0.15, -0.1) is 0 Å². The van der Waals surface area contributed by atoms with Crippen molar-refractivity contribution in [2.75, 3.05) is 0 Å². The molecule has 114 valence electrons. The minimum atomic E-state index is -0.230. The van der Waals surface area contributed by atoms with Gasteiger partial charge in [0, 0.05) is 11.8 Å². The van der Waals surface area contributed by atoms with Crippen molar-refractivity contribution in [3.8, 4) is 11.3 Å². The number of rotatable bonds is 5. The minimum absolute atomic E-state index is 0.230. The average Bonchev–Trinajstić information content (AvgIpc) is 2.61. The second kappa shape index (κ2) is 7.50. The van der Waals surface area contributed by atoms with Gasteiger partial charge in [0.25, 0.3) is 0 Å². The summed E-state index contributed by atoms with van der Waals surface area (Å²) in [5.41, 5.74) is 4.20. The Morgan fingerprint density at radius 2 is 1.65 bits per heavy atom. The first-order chi connectivity index (χ1) is 11.3. The maximum absolute atomic E-state index is 12.9. The van der Waals surface area contributed by atoms with Gasteiger partial charge in [0.05, 0.1) is 5.69 Å². The molecule has 0 bridgehead atoms. The second-order valence-corrected chi connectivity index (χ2v) is 5.41. The Hall–Kier alpha value is -2.74. The monoisotopic (exact) mass is 303 g/mol. The Balaban J connectivity index is 1.59. The molecule has 2 aromatic carbocycles. The molecule has 0 saturated heterocycles. The van der Waals surface area contributed by atoms with E-state index in [1.54, 1.807) is 12.1 Å². The predicted octanol–water partition coefficient (Wildman–Crippen LogP) is 5.53. The van der Waals surface area contributed by atoms with Gasteiger partial charge >= 0.3 is 0 Å². The topological polar surface area (TPSA) is 12.9 Å². The van der Waals surface area contributed by atoms with Crippen molar-refractivity contribution >= 4 is 6.08 Å². The highest BCUT2D eigenvalue weighted by Gasteiger charge is 1.99. The smallest absolute Gasteiger partial charge is 0.123 e. The maximum atomic E-state index is 12.9. The van der Waals surface area contributed by atoms with E-state index in [4.69, 9.17) is 0 Å². The van der Waals surface area contributed by atoms with Gasteiger partial charge in [0.15, 0.2) is 0 Å². The second-order valence-electron chi connectivity index (χ2n) is 5.41. The van der Waals surface area contributed by atoms with Crippen LogP contribution >= 0.6 is 0 Å². The molecule has 1 heterocycles. The number of hydrogen-bond acceptors (Lipinski definition) is 1. The fourth-order valence-electron chi connectivity index (χ4n) is 2.41. The zero-order valence-electron chi connectivity index (χ0n) is 12.8. The van der Waals surface area contributed by atoms with Gasteiger partial charge in [-0.2, -0.15) is 0 Å². The zero-order chi connectivity index (χ0) is 15.9. The molecule has 0 N–H and O–H groups in total. The molecular weight excluding hydrogens is 285 g/mol. The first-order valence-electron chi connectivity index (χ1n) is 7.74. The van der Waals surface area contributed by atoms with E-state index in [0.29, 0.717) is 0 Å². The van der Waals surface area contributed by atoms with E-state index in [9.17, 15) is 4.39 Å². The number of allylic oxidation sites excluding steroid dienone is 1. The Morgan fingerprint density at radius 3 is 2.35 bits per heavy atom. The molecular formula is C21H18FN. The zero-order valence-corrected chi connectivity index (χ0v) is 12.8. The van der Waals surface area contributed by atoms with Crippen LogP contribution in [0.15, 0.2) is 79.0 Å². The fraction of sp³-hybridized carbons (Fsp3) is 0.0952. The number of pyridine rings is 1. The van der Waals surface area contributed by atoms with Gasteiger partial charge in [-0.1, -0.05) is 48.6 Å². The van der Waals surface area contributed by atoms with E-state index in [0.717, 1.165) is 29.7 Å². The van der Waals surface area contributed by atoms with E-state index >= 15 is 0 Å². The Morgan fingerprint density at radius 1 is 0.870 bits per heavy atom. The molecule has 3 rings (SSSR count). The van der Waals surface area contributed by atoms with Crippen LogP contribution in [-0.2, 0) is 6.42 Å². The molecule has 23 heavy (non-hydrogen) atoms. The molecule has 2 heteroatoms. The highest BCUT2D eigenvalue weighted by atomic mass is 19.1. The van der Waals surface area contributed by atoms with Crippen molar-refractivity contribution in [1.29, 1.82) is 0 Å². The van der Waals surface area contributed by atoms with Crippen molar-refractivity contribution in [1.82, 2.24) is 4.98 Å². The van der Waals surface area contributed by atoms with E-state index in [2.05, 4.69) is 41.4 Å². The van der Waals surface area contributed by atoms with E-state index in [-0.39, 0.29) is 5.82 Å². The Labute approximate surface area is 136 Å². The van der Waals surface area contributed by atoms with E-state index in [1.165, 1.54) is 17.7 Å². The summed E-state index contributed by atoms with van der Waals surface area (Å²) in [6.07, 6.45) is 8.14. The summed E-state index contributed by atoms with van der Waals surface area (Å²) in [7, 11) is 0. The highest BCUT2D eigenvalue weighted by molar-refractivity contribution is 5.60. The SMILES string of the molecule is Fc1ccc(-c2ccc(C=CCCc3ccccc3)cn2)cc1. The number of benzene rings is 2. The average molecular weight is 303 g/mol. The van der Waals surface area contributed by atoms with Crippen LogP contribution in [0.1, 0.15) is 17.5 Å². The number of hydrogen-bond donors (Lipinski definition) is 0. The molecule has 0 aliphatic heterocycles. The summed E-state index contributed by atoms with van der Waals surface area (Å²) in [6.45, 7) is 0. The van der Waals surface area contributed by atoms with Crippen LogP contribution in [-0.4, -0.2) is 4.98 Å². The Bertz CT molecular complexity index is 759. The van der Waals surface area contributed by atoms with Crippen molar-refractivity contribution < 1.29 is 4.39 Å². The number of halogens is 1. The van der Waals surface area contributed by atoms with Crippen LogP contribution in [0, 0.1) is 5.82 Å². The molecule has 1 aromatic heterocycles. The minimum Gasteiger partial charge on any atom is -0.256 e. The maximum Gasteiger partial charge on any atom is 0.123 e. The molecule has 3 aromatic rings. The van der Waals surface area contributed by atoms with Gasteiger partial charge in [-0.05, 0) is 54.3 Å². The summed E-state index contributed by atoms with van der Waals surface area (Å²) >= 11 is 0. The van der Waals surface area contributed by atoms with Gasteiger partial charge < -0.3 is 0 Å². The lowest BCUT2D eigenvalue weighted by molar-refractivity contribution is 0.628. The first kappa shape index (κ1) is 15.2. The highest BCUT2D eigenvalue weighted by Crippen LogP contribution is 2.17. The quantitative estimate of drug-likeness (QED) is 0.603. The lowest BCUT2D eigenvalue weighted by atomic mass is 10.1. The third-order valence-electron chi connectivity index (χ3n) is 3.68. The molecule has 0 radical (unpaired) electrons. The van der Waals surface area contributed by atoms with Crippen molar-refractivity contribution in [3.05, 3.63) is 95.9 Å². The Kier molecular flexibility index (Phi) is 4.95. The molecule has 0 aliphatic rings. The lowest BCUT2D eigenvalue weighted by Gasteiger charge is -2.01. The molecule has 0 amide bonds. The van der Waals surface area contributed by atoms with E-state index in [1.807, 2.05) is 24.4 Å². The van der Waals surface area contributed by atoms with Gasteiger partial charge in [0.1, 0.15) is 5.82 Å². The van der Waals surface area contributed by atoms with Gasteiger partial charge in [-0.25, -0.2) is 4.39 Å². The van der Waals surface area contributed by atoms with Crippen LogP contribution in [0.2, 0.25) is 0 Å².